The second kappa shape index (κ2) is 6.63. The van der Waals surface area contributed by atoms with Crippen LogP contribution in [0.25, 0.3) is 10.9 Å². The lowest BCUT2D eigenvalue weighted by atomic mass is 9.81. The van der Waals surface area contributed by atoms with Crippen LogP contribution in [-0.2, 0) is 10.2 Å². The third-order valence-electron chi connectivity index (χ3n) is 4.51. The lowest BCUT2D eigenvalue weighted by Crippen LogP contribution is -2.35. The van der Waals surface area contributed by atoms with E-state index < -0.39 is 5.41 Å². The Kier molecular flexibility index (Phi) is 4.53. The second-order valence-electron chi connectivity index (χ2n) is 6.71. The highest BCUT2D eigenvalue weighted by Gasteiger charge is 2.34. The number of hydrogen-bond acceptors (Lipinski definition) is 2. The number of amides is 1. The van der Waals surface area contributed by atoms with Gasteiger partial charge in [0.2, 0.25) is 5.91 Å². The third-order valence-corrected chi connectivity index (χ3v) is 4.51. The molecule has 1 heterocycles. The van der Waals surface area contributed by atoms with Crippen molar-refractivity contribution in [2.24, 2.45) is 0 Å². The minimum atomic E-state index is -0.664. The fourth-order valence-electron chi connectivity index (χ4n) is 3.28. The summed E-state index contributed by atoms with van der Waals surface area (Å²) in [5, 5.41) is 4.11. The van der Waals surface area contributed by atoms with E-state index in [4.69, 9.17) is 4.74 Å². The highest BCUT2D eigenvalue weighted by Crippen LogP contribution is 2.34. The number of fused-ring (bicyclic) bond motifs is 1. The molecule has 3 rings (SSSR count). The van der Waals surface area contributed by atoms with E-state index in [9.17, 15) is 4.79 Å². The zero-order valence-electron chi connectivity index (χ0n) is 15.1. The minimum Gasteiger partial charge on any atom is -0.494 e. The standard InChI is InChI=1S/C21H24N2O2/c1-5-25-16-12-10-15(11-13-16)23-20(24)21(3,4)19-14(2)22-18-9-7-6-8-17(18)19/h6-13,22H,5H2,1-4H3,(H,23,24). The Morgan fingerprint density at radius 1 is 1.12 bits per heavy atom. The maximum absolute atomic E-state index is 13.0. The second-order valence-corrected chi connectivity index (χ2v) is 6.71. The minimum absolute atomic E-state index is 0.0375. The molecule has 25 heavy (non-hydrogen) atoms. The van der Waals surface area contributed by atoms with Crippen molar-refractivity contribution in [2.75, 3.05) is 11.9 Å². The van der Waals surface area contributed by atoms with Gasteiger partial charge in [-0.2, -0.15) is 0 Å². The SMILES string of the molecule is CCOc1ccc(NC(=O)C(C)(C)c2c(C)[nH]c3ccccc23)cc1. The molecule has 0 bridgehead atoms. The molecule has 4 heteroatoms. The molecule has 0 spiro atoms. The summed E-state index contributed by atoms with van der Waals surface area (Å²) in [6.45, 7) is 8.50. The largest absolute Gasteiger partial charge is 0.494 e. The summed E-state index contributed by atoms with van der Waals surface area (Å²) >= 11 is 0. The molecule has 0 saturated carbocycles. The lowest BCUT2D eigenvalue weighted by Gasteiger charge is -2.25. The highest BCUT2D eigenvalue weighted by molar-refractivity contribution is 6.02. The summed E-state index contributed by atoms with van der Waals surface area (Å²) in [5.74, 6) is 0.761. The van der Waals surface area contributed by atoms with Gasteiger partial charge in [0.15, 0.2) is 0 Å². The van der Waals surface area contributed by atoms with Gasteiger partial charge in [-0.1, -0.05) is 18.2 Å². The number of carbonyl (C=O) groups is 1. The Hall–Kier alpha value is -2.75. The van der Waals surface area contributed by atoms with Gasteiger partial charge in [0.25, 0.3) is 0 Å². The van der Waals surface area contributed by atoms with Gasteiger partial charge in [-0.25, -0.2) is 0 Å². The molecule has 130 valence electrons. The Morgan fingerprint density at radius 3 is 2.48 bits per heavy atom. The molecule has 0 atom stereocenters. The number of para-hydroxylation sites is 1. The monoisotopic (exact) mass is 336 g/mol. The summed E-state index contributed by atoms with van der Waals surface area (Å²) in [5.41, 5.74) is 3.21. The van der Waals surface area contributed by atoms with Crippen LogP contribution in [0.4, 0.5) is 5.69 Å². The molecule has 1 aromatic heterocycles. The average Bonchev–Trinajstić information content (AvgIpc) is 2.93. The number of anilines is 1. The van der Waals surface area contributed by atoms with Crippen LogP contribution < -0.4 is 10.1 Å². The summed E-state index contributed by atoms with van der Waals surface area (Å²) < 4.78 is 5.44. The van der Waals surface area contributed by atoms with Gasteiger partial charge in [-0.05, 0) is 63.6 Å². The molecule has 0 aliphatic carbocycles. The number of hydrogen-bond donors (Lipinski definition) is 2. The van der Waals surface area contributed by atoms with Crippen molar-refractivity contribution in [1.82, 2.24) is 4.98 Å². The van der Waals surface area contributed by atoms with Crippen molar-refractivity contribution in [3.05, 3.63) is 59.8 Å². The average molecular weight is 336 g/mol. The van der Waals surface area contributed by atoms with Gasteiger partial charge in [-0.3, -0.25) is 4.79 Å². The summed E-state index contributed by atoms with van der Waals surface area (Å²) in [6, 6.07) is 15.5. The number of benzene rings is 2. The predicted octanol–water partition coefficient (Wildman–Crippen LogP) is 4.79. The van der Waals surface area contributed by atoms with E-state index >= 15 is 0 Å². The van der Waals surface area contributed by atoms with Gasteiger partial charge < -0.3 is 15.0 Å². The van der Waals surface area contributed by atoms with Gasteiger partial charge in [-0.15, -0.1) is 0 Å². The predicted molar refractivity (Wildman–Crippen MR) is 102 cm³/mol. The normalized spacial score (nSPS) is 11.5. The van der Waals surface area contributed by atoms with Crippen molar-refractivity contribution in [3.8, 4) is 5.75 Å². The van der Waals surface area contributed by atoms with E-state index in [1.54, 1.807) is 0 Å². The molecule has 0 radical (unpaired) electrons. The first-order chi connectivity index (χ1) is 11.9. The van der Waals surface area contributed by atoms with E-state index in [2.05, 4.69) is 16.4 Å². The molecule has 0 saturated heterocycles. The zero-order chi connectivity index (χ0) is 18.0. The molecule has 2 aromatic carbocycles. The van der Waals surface area contributed by atoms with Crippen LogP contribution in [0, 0.1) is 6.92 Å². The number of aromatic amines is 1. The lowest BCUT2D eigenvalue weighted by molar-refractivity contribution is -0.120. The van der Waals surface area contributed by atoms with Gasteiger partial charge in [0.1, 0.15) is 5.75 Å². The number of carbonyl (C=O) groups excluding carboxylic acids is 1. The van der Waals surface area contributed by atoms with E-state index in [0.29, 0.717) is 6.61 Å². The van der Waals surface area contributed by atoms with Crippen LogP contribution in [-0.4, -0.2) is 17.5 Å². The van der Waals surface area contributed by atoms with Crippen LogP contribution in [0.15, 0.2) is 48.5 Å². The fraction of sp³-hybridized carbons (Fsp3) is 0.286. The molecule has 2 N–H and O–H groups in total. The van der Waals surface area contributed by atoms with Gasteiger partial charge in [0.05, 0.1) is 12.0 Å². The molecule has 1 amide bonds. The number of aromatic nitrogens is 1. The first-order valence-corrected chi connectivity index (χ1v) is 8.55. The van der Waals surface area contributed by atoms with Gasteiger partial charge in [0, 0.05) is 22.3 Å². The summed E-state index contributed by atoms with van der Waals surface area (Å²) in [4.78, 5) is 16.4. The van der Waals surface area contributed by atoms with Crippen LogP contribution in [0.5, 0.6) is 5.75 Å². The fourth-order valence-corrected chi connectivity index (χ4v) is 3.28. The maximum atomic E-state index is 13.0. The summed E-state index contributed by atoms with van der Waals surface area (Å²) in [7, 11) is 0. The molecule has 0 aliphatic rings. The Morgan fingerprint density at radius 2 is 1.80 bits per heavy atom. The molecule has 3 aromatic rings. The van der Waals surface area contributed by atoms with Crippen LogP contribution in [0.2, 0.25) is 0 Å². The number of H-pyrrole nitrogens is 1. The van der Waals surface area contributed by atoms with Crippen molar-refractivity contribution in [3.63, 3.8) is 0 Å². The Labute approximate surface area is 148 Å². The molecule has 0 fully saturated rings. The van der Waals surface area contributed by atoms with E-state index in [0.717, 1.165) is 33.6 Å². The topological polar surface area (TPSA) is 54.1 Å². The molecular formula is C21H24N2O2. The molecule has 0 unspecified atom stereocenters. The van der Waals surface area contributed by atoms with Crippen molar-refractivity contribution >= 4 is 22.5 Å². The maximum Gasteiger partial charge on any atom is 0.234 e. The molecular weight excluding hydrogens is 312 g/mol. The van der Waals surface area contributed by atoms with Crippen molar-refractivity contribution < 1.29 is 9.53 Å². The molecule has 0 aliphatic heterocycles. The van der Waals surface area contributed by atoms with Crippen molar-refractivity contribution in [2.45, 2.75) is 33.1 Å². The summed E-state index contributed by atoms with van der Waals surface area (Å²) in [6.07, 6.45) is 0. The van der Waals surface area contributed by atoms with Crippen molar-refractivity contribution in [1.29, 1.82) is 0 Å². The number of nitrogens with one attached hydrogen (secondary N) is 2. The Bertz CT molecular complexity index is 892. The van der Waals surface area contributed by atoms with Crippen LogP contribution in [0.3, 0.4) is 0 Å². The van der Waals surface area contributed by atoms with E-state index in [1.807, 2.05) is 70.2 Å². The molecule has 4 nitrogen and oxygen atoms in total. The van der Waals surface area contributed by atoms with Gasteiger partial charge >= 0.3 is 0 Å². The zero-order valence-corrected chi connectivity index (χ0v) is 15.1. The first-order valence-electron chi connectivity index (χ1n) is 8.55. The number of aryl methyl sites for hydroxylation is 1. The first kappa shape index (κ1) is 17.1. The van der Waals surface area contributed by atoms with Crippen LogP contribution in [0.1, 0.15) is 32.0 Å². The smallest absolute Gasteiger partial charge is 0.234 e. The number of rotatable bonds is 5. The van der Waals surface area contributed by atoms with E-state index in [-0.39, 0.29) is 5.91 Å². The third kappa shape index (κ3) is 3.25. The highest BCUT2D eigenvalue weighted by atomic mass is 16.5. The quantitative estimate of drug-likeness (QED) is 0.704. The van der Waals surface area contributed by atoms with E-state index in [1.165, 1.54) is 0 Å². The number of ether oxygens (including phenoxy) is 1. The van der Waals surface area contributed by atoms with Crippen LogP contribution >= 0.6 is 0 Å². The Balaban J connectivity index is 1.88.